The van der Waals surface area contributed by atoms with Crippen LogP contribution in [0, 0.1) is 0 Å². The van der Waals surface area contributed by atoms with Crippen molar-refractivity contribution < 1.29 is 57.7 Å². The van der Waals surface area contributed by atoms with Crippen LogP contribution in [0.15, 0.2) is 21.9 Å². The summed E-state index contributed by atoms with van der Waals surface area (Å²) in [5.41, 5.74) is -1.94. The summed E-state index contributed by atoms with van der Waals surface area (Å²) in [5, 5.41) is 19.3. The van der Waals surface area contributed by atoms with Crippen LogP contribution in [0.2, 0.25) is 0 Å². The second kappa shape index (κ2) is 8.80. The quantitative estimate of drug-likeness (QED) is 0.188. The predicted molar refractivity (Wildman–Crippen MR) is 83.3 cm³/mol. The van der Waals surface area contributed by atoms with E-state index in [0.717, 1.165) is 17.1 Å². The van der Waals surface area contributed by atoms with Crippen molar-refractivity contribution in [3.05, 3.63) is 33.1 Å². The number of aromatic amines is 1. The van der Waals surface area contributed by atoms with Crippen LogP contribution >= 0.6 is 24.0 Å². The lowest BCUT2D eigenvalue weighted by atomic mass is 10.1. The highest BCUT2D eigenvalue weighted by atomic mass is 31.3. The SMILES string of the molecule is O=c1ccn([C@@H]2O[C@H](CO)[C@@H](O)[C@H]2O[P+]([O-])([O-])N[P+]([O-])([O-])OP(=O)(O)O)c(=O)[nH]1. The second-order valence-corrected chi connectivity index (χ2v) is 10.1. The molecule has 4 atom stereocenters. The van der Waals surface area contributed by atoms with Gasteiger partial charge in [-0.1, -0.05) is 0 Å². The number of nitrogens with one attached hydrogen (secondary N) is 2. The predicted octanol–water partition coefficient (Wildman–Crippen LogP) is -6.33. The number of hydrogen-bond acceptors (Lipinski definition) is 13. The van der Waals surface area contributed by atoms with Crippen molar-refractivity contribution in [2.75, 3.05) is 6.61 Å². The topological polar surface area (TPSA) is 285 Å². The highest BCUT2D eigenvalue weighted by molar-refractivity contribution is 7.74. The molecule has 1 fully saturated rings. The van der Waals surface area contributed by atoms with Gasteiger partial charge >= 0.3 is 13.5 Å². The Hall–Kier alpha value is -0.710. The molecule has 0 saturated carbocycles. The van der Waals surface area contributed by atoms with Crippen molar-refractivity contribution in [1.82, 2.24) is 14.4 Å². The maximum Gasteiger partial charge on any atom is 0.504 e. The van der Waals surface area contributed by atoms with Gasteiger partial charge in [0.15, 0.2) is 28.5 Å². The van der Waals surface area contributed by atoms with Gasteiger partial charge < -0.3 is 44.3 Å². The van der Waals surface area contributed by atoms with Crippen molar-refractivity contribution in [2.24, 2.45) is 0 Å². The van der Waals surface area contributed by atoms with E-state index in [9.17, 15) is 43.9 Å². The first-order valence-electron chi connectivity index (χ1n) is 7.27. The van der Waals surface area contributed by atoms with Crippen LogP contribution in [0.4, 0.5) is 0 Å². The lowest BCUT2D eigenvalue weighted by Crippen LogP contribution is -2.48. The fourth-order valence-electron chi connectivity index (χ4n) is 2.33. The fourth-order valence-corrected chi connectivity index (χ4v) is 5.86. The molecule has 29 heavy (non-hydrogen) atoms. The van der Waals surface area contributed by atoms with Crippen LogP contribution in [0.25, 0.3) is 0 Å². The van der Waals surface area contributed by atoms with E-state index in [1.54, 1.807) is 0 Å². The highest BCUT2D eigenvalue weighted by Crippen LogP contribution is 2.60. The third kappa shape index (κ3) is 6.63. The van der Waals surface area contributed by atoms with E-state index in [4.69, 9.17) is 14.5 Å². The summed E-state index contributed by atoms with van der Waals surface area (Å²) in [5.74, 6) is 0. The van der Waals surface area contributed by atoms with Gasteiger partial charge in [-0.15, -0.1) is 4.31 Å². The smallest absolute Gasteiger partial charge is 0.504 e. The number of rotatable bonds is 8. The molecule has 0 bridgehead atoms. The first-order chi connectivity index (χ1) is 13.1. The Labute approximate surface area is 161 Å². The lowest BCUT2D eigenvalue weighted by Gasteiger charge is -2.42. The monoisotopic (exact) mass is 481 g/mol. The van der Waals surface area contributed by atoms with E-state index in [2.05, 4.69) is 8.83 Å². The van der Waals surface area contributed by atoms with Crippen molar-refractivity contribution in [3.63, 3.8) is 0 Å². The van der Waals surface area contributed by atoms with E-state index in [-0.39, 0.29) is 0 Å². The van der Waals surface area contributed by atoms with E-state index < -0.39 is 66.4 Å². The summed E-state index contributed by atoms with van der Waals surface area (Å²) in [6.45, 7) is -0.867. The number of hydrogen-bond donors (Lipinski definition) is 6. The van der Waals surface area contributed by atoms with Crippen LogP contribution in [0.5, 0.6) is 0 Å². The van der Waals surface area contributed by atoms with Crippen molar-refractivity contribution >= 4 is 24.0 Å². The molecule has 20 heteroatoms. The van der Waals surface area contributed by atoms with Gasteiger partial charge in [0.25, 0.3) is 5.56 Å². The summed E-state index contributed by atoms with van der Waals surface area (Å²) < 4.78 is 24.1. The maximum atomic E-state index is 12.0. The Morgan fingerprint density at radius 3 is 2.41 bits per heavy atom. The summed E-state index contributed by atoms with van der Waals surface area (Å²) in [6, 6.07) is 0.842. The van der Waals surface area contributed by atoms with Gasteiger partial charge in [-0.05, 0) is 4.86 Å². The van der Waals surface area contributed by atoms with E-state index in [1.165, 1.54) is 0 Å². The van der Waals surface area contributed by atoms with Gasteiger partial charge in [-0.25, -0.2) is 13.9 Å². The number of ether oxygens (including phenoxy) is 1. The second-order valence-electron chi connectivity index (χ2n) is 5.49. The van der Waals surface area contributed by atoms with E-state index in [1.807, 2.05) is 4.98 Å². The third-order valence-electron chi connectivity index (χ3n) is 3.34. The van der Waals surface area contributed by atoms with Crippen molar-refractivity contribution in [2.45, 2.75) is 24.5 Å². The molecule has 0 aromatic carbocycles. The zero-order chi connectivity index (χ0) is 22.2. The average molecular weight is 481 g/mol. The molecule has 0 unspecified atom stereocenters. The third-order valence-corrected chi connectivity index (χ3v) is 7.53. The molecule has 1 saturated heterocycles. The Morgan fingerprint density at radius 2 is 1.90 bits per heavy atom. The van der Waals surface area contributed by atoms with Gasteiger partial charge in [-0.2, -0.15) is 0 Å². The number of H-pyrrole nitrogens is 1. The zero-order valence-corrected chi connectivity index (χ0v) is 16.5. The summed E-state index contributed by atoms with van der Waals surface area (Å²) >= 11 is 0. The molecule has 1 aromatic heterocycles. The number of aromatic nitrogens is 2. The molecule has 166 valence electrons. The number of nitrogens with zero attached hydrogens (tertiary/aromatic N) is 1. The largest absolute Gasteiger partial charge is 0.642 e. The molecule has 0 radical (unpaired) electrons. The minimum absolute atomic E-state index is 0.591. The van der Waals surface area contributed by atoms with Gasteiger partial charge in [0, 0.05) is 12.3 Å². The molecule has 2 rings (SSSR count). The van der Waals surface area contributed by atoms with E-state index in [0.29, 0.717) is 4.57 Å². The lowest BCUT2D eigenvalue weighted by molar-refractivity contribution is -0.357. The van der Waals surface area contributed by atoms with Gasteiger partial charge in [-0.3, -0.25) is 14.3 Å². The standard InChI is InChI=1S/C9H16N3O14P3/c13-3-4-6(15)7(8(24-4)12-2-1-5(14)10-9(12)16)25-27(17,18)11-28(19,20)26-29(21,22)23/h1-2,4,6-8,13,15H,3H2,(H,10,14,16)(H2,21,22,23)(H3,11,17,18,19,20)/p-2/t4-,6-,7-,8-/m1/s1. The first kappa shape index (κ1) is 24.6. The fraction of sp³-hybridized carbons (Fsp3) is 0.556. The number of aliphatic hydroxyl groups is 2. The Morgan fingerprint density at radius 1 is 1.28 bits per heavy atom. The van der Waals surface area contributed by atoms with Crippen LogP contribution < -0.4 is 35.7 Å². The Kier molecular flexibility index (Phi) is 7.45. The van der Waals surface area contributed by atoms with Gasteiger partial charge in [0.05, 0.1) is 6.61 Å². The molecular formula is C9H14N3O14P3-2. The summed E-state index contributed by atoms with van der Waals surface area (Å²) in [6.07, 6.45) is -6.32. The Bertz CT molecular complexity index is 881. The van der Waals surface area contributed by atoms with Gasteiger partial charge in [0.1, 0.15) is 12.2 Å². The average Bonchev–Trinajstić information content (AvgIpc) is 2.79. The maximum absolute atomic E-state index is 12.0. The number of phosphoric acid groups is 1. The molecule has 1 aromatic rings. The molecule has 17 nitrogen and oxygen atoms in total. The first-order valence-corrected chi connectivity index (χ1v) is 11.9. The van der Waals surface area contributed by atoms with Gasteiger partial charge in [0.2, 0.25) is 0 Å². The molecule has 0 amide bonds. The zero-order valence-electron chi connectivity index (χ0n) is 13.8. The van der Waals surface area contributed by atoms with Crippen LogP contribution in [-0.4, -0.2) is 54.5 Å². The van der Waals surface area contributed by atoms with Crippen LogP contribution in [0.1, 0.15) is 6.23 Å². The van der Waals surface area contributed by atoms with Crippen LogP contribution in [0.3, 0.4) is 0 Å². The van der Waals surface area contributed by atoms with Crippen molar-refractivity contribution in [1.29, 1.82) is 0 Å². The summed E-state index contributed by atoms with van der Waals surface area (Å²) in [4.78, 5) is 89.3. The minimum Gasteiger partial charge on any atom is -0.642 e. The minimum atomic E-state index is -5.89. The molecule has 0 spiro atoms. The molecule has 6 N–H and O–H groups in total. The molecule has 0 aliphatic carbocycles. The highest BCUT2D eigenvalue weighted by Gasteiger charge is 2.50. The molecular weight excluding hydrogens is 467 g/mol. The van der Waals surface area contributed by atoms with E-state index >= 15 is 0 Å². The van der Waals surface area contributed by atoms with Crippen molar-refractivity contribution in [3.8, 4) is 0 Å². The normalized spacial score (nSPS) is 26.1. The molecule has 1 aliphatic rings. The molecule has 1 aliphatic heterocycles. The number of aliphatic hydroxyl groups excluding tert-OH is 2. The van der Waals surface area contributed by atoms with Crippen LogP contribution in [-0.2, 0) is 18.1 Å². The molecule has 2 heterocycles. The summed E-state index contributed by atoms with van der Waals surface area (Å²) in [7, 11) is -17.3. The Balaban J connectivity index is 2.29.